The van der Waals surface area contributed by atoms with Gasteiger partial charge in [-0.05, 0) is 6.92 Å². The summed E-state index contributed by atoms with van der Waals surface area (Å²) >= 11 is 0. The number of aryl methyl sites for hydroxylation is 1. The predicted octanol–water partition coefficient (Wildman–Crippen LogP) is 0.401. The zero-order valence-corrected chi connectivity index (χ0v) is 9.72. The highest BCUT2D eigenvalue weighted by Gasteiger charge is 2.18. The van der Waals surface area contributed by atoms with Crippen LogP contribution in [0.3, 0.4) is 0 Å². The lowest BCUT2D eigenvalue weighted by molar-refractivity contribution is 0.616. The van der Waals surface area contributed by atoms with Gasteiger partial charge >= 0.3 is 0 Å². The zero-order valence-electron chi connectivity index (χ0n) is 9.72. The maximum atomic E-state index is 4.39. The highest BCUT2D eigenvalue weighted by Crippen LogP contribution is 2.23. The summed E-state index contributed by atoms with van der Waals surface area (Å²) in [6.07, 6.45) is 4.35. The largest absolute Gasteiger partial charge is 0.312 e. The molecule has 88 valence electrons. The van der Waals surface area contributed by atoms with E-state index in [9.17, 15) is 0 Å². The Hall–Kier alpha value is -1.82. The molecule has 6 nitrogen and oxygen atoms in total. The normalized spacial score (nSPS) is 14.6. The minimum Gasteiger partial charge on any atom is -0.312 e. The fourth-order valence-electron chi connectivity index (χ4n) is 2.17. The summed E-state index contributed by atoms with van der Waals surface area (Å²) in [5.74, 6) is 0. The van der Waals surface area contributed by atoms with E-state index >= 15 is 0 Å². The Kier molecular flexibility index (Phi) is 2.56. The van der Waals surface area contributed by atoms with Crippen molar-refractivity contribution < 1.29 is 0 Å². The van der Waals surface area contributed by atoms with Crippen molar-refractivity contribution in [1.29, 1.82) is 0 Å². The smallest absolute Gasteiger partial charge is 0.116 e. The lowest BCUT2D eigenvalue weighted by Gasteiger charge is -2.18. The molecule has 0 saturated heterocycles. The third-order valence-corrected chi connectivity index (χ3v) is 3.03. The second-order valence-corrected chi connectivity index (χ2v) is 4.01. The average molecular weight is 230 g/mol. The fourth-order valence-corrected chi connectivity index (χ4v) is 2.17. The molecule has 0 amide bonds. The van der Waals surface area contributed by atoms with E-state index in [1.54, 1.807) is 12.5 Å². The van der Waals surface area contributed by atoms with Gasteiger partial charge in [-0.1, -0.05) is 5.21 Å². The van der Waals surface area contributed by atoms with E-state index < -0.39 is 0 Å². The molecule has 1 aliphatic rings. The van der Waals surface area contributed by atoms with Crippen molar-refractivity contribution in [2.45, 2.75) is 26.4 Å². The molecule has 0 atom stereocenters. The number of nitrogens with one attached hydrogen (secondary N) is 1. The standard InChI is InChI=1S/C11H14N6/c1-2-17-10(6-15-16-17)11-8-5-12-4-3-9(8)13-7-14-11/h6-7,12H,2-5H2,1H3. The van der Waals surface area contributed by atoms with Gasteiger partial charge in [-0.25, -0.2) is 14.6 Å². The zero-order chi connectivity index (χ0) is 11.7. The number of fused-ring (bicyclic) bond motifs is 1. The minimum atomic E-state index is 0.793. The van der Waals surface area contributed by atoms with Crippen LogP contribution in [0.2, 0.25) is 0 Å². The Balaban J connectivity index is 2.14. The van der Waals surface area contributed by atoms with Crippen molar-refractivity contribution in [3.8, 4) is 11.4 Å². The van der Waals surface area contributed by atoms with Gasteiger partial charge in [0.1, 0.15) is 12.0 Å². The molecule has 0 aromatic carbocycles. The molecule has 3 heterocycles. The van der Waals surface area contributed by atoms with Crippen LogP contribution in [0.25, 0.3) is 11.4 Å². The molecule has 6 heteroatoms. The van der Waals surface area contributed by atoms with Crippen molar-refractivity contribution in [2.24, 2.45) is 0 Å². The first-order valence-electron chi connectivity index (χ1n) is 5.82. The lowest BCUT2D eigenvalue weighted by atomic mass is 10.0. The molecular formula is C11H14N6. The van der Waals surface area contributed by atoms with E-state index in [1.807, 2.05) is 11.6 Å². The Morgan fingerprint density at radius 2 is 2.35 bits per heavy atom. The van der Waals surface area contributed by atoms with Crippen LogP contribution in [0.4, 0.5) is 0 Å². The van der Waals surface area contributed by atoms with E-state index in [-0.39, 0.29) is 0 Å². The molecule has 0 bridgehead atoms. The molecule has 3 rings (SSSR count). The monoisotopic (exact) mass is 230 g/mol. The summed E-state index contributed by atoms with van der Waals surface area (Å²) in [5, 5.41) is 11.3. The maximum absolute atomic E-state index is 4.39. The molecule has 2 aromatic heterocycles. The third kappa shape index (κ3) is 1.70. The van der Waals surface area contributed by atoms with Crippen LogP contribution >= 0.6 is 0 Å². The van der Waals surface area contributed by atoms with Crippen LogP contribution in [0.15, 0.2) is 12.5 Å². The molecule has 1 aliphatic heterocycles. The number of rotatable bonds is 2. The van der Waals surface area contributed by atoms with Crippen LogP contribution in [0, 0.1) is 0 Å². The van der Waals surface area contributed by atoms with E-state index in [0.29, 0.717) is 0 Å². The highest BCUT2D eigenvalue weighted by molar-refractivity contribution is 5.59. The average Bonchev–Trinajstić information content (AvgIpc) is 2.86. The van der Waals surface area contributed by atoms with Crippen molar-refractivity contribution in [1.82, 2.24) is 30.3 Å². The van der Waals surface area contributed by atoms with E-state index in [4.69, 9.17) is 0 Å². The summed E-state index contributed by atoms with van der Waals surface area (Å²) in [6.45, 7) is 4.64. The molecule has 0 unspecified atom stereocenters. The van der Waals surface area contributed by atoms with Crippen molar-refractivity contribution in [2.75, 3.05) is 6.54 Å². The van der Waals surface area contributed by atoms with Crippen LogP contribution in [-0.2, 0) is 19.5 Å². The summed E-state index contributed by atoms with van der Waals surface area (Å²) in [6, 6.07) is 0. The van der Waals surface area contributed by atoms with Gasteiger partial charge in [0.25, 0.3) is 0 Å². The van der Waals surface area contributed by atoms with Gasteiger partial charge in [0, 0.05) is 31.6 Å². The molecule has 0 radical (unpaired) electrons. The number of nitrogens with zero attached hydrogens (tertiary/aromatic N) is 5. The number of hydrogen-bond donors (Lipinski definition) is 1. The number of aromatic nitrogens is 5. The molecule has 0 spiro atoms. The summed E-state index contributed by atoms with van der Waals surface area (Å²) < 4.78 is 1.86. The molecule has 17 heavy (non-hydrogen) atoms. The molecule has 0 saturated carbocycles. The van der Waals surface area contributed by atoms with Crippen molar-refractivity contribution in [3.05, 3.63) is 23.8 Å². The van der Waals surface area contributed by atoms with Gasteiger partial charge in [-0.2, -0.15) is 0 Å². The quantitative estimate of drug-likeness (QED) is 0.808. The highest BCUT2D eigenvalue weighted by atomic mass is 15.4. The van der Waals surface area contributed by atoms with E-state index in [1.165, 1.54) is 5.56 Å². The van der Waals surface area contributed by atoms with E-state index in [2.05, 4.69) is 25.6 Å². The SMILES string of the molecule is CCn1nncc1-c1ncnc2c1CNCC2. The first kappa shape index (κ1) is 10.3. The number of hydrogen-bond acceptors (Lipinski definition) is 5. The molecule has 1 N–H and O–H groups in total. The Morgan fingerprint density at radius 1 is 1.41 bits per heavy atom. The van der Waals surface area contributed by atoms with Crippen LogP contribution in [0.5, 0.6) is 0 Å². The van der Waals surface area contributed by atoms with Crippen LogP contribution < -0.4 is 5.32 Å². The molecule has 2 aromatic rings. The van der Waals surface area contributed by atoms with Gasteiger partial charge in [-0.15, -0.1) is 5.10 Å². The first-order chi connectivity index (χ1) is 8.40. The predicted molar refractivity (Wildman–Crippen MR) is 62.1 cm³/mol. The molecule has 0 aliphatic carbocycles. The first-order valence-corrected chi connectivity index (χ1v) is 5.82. The van der Waals surface area contributed by atoms with Crippen LogP contribution in [-0.4, -0.2) is 31.5 Å². The van der Waals surface area contributed by atoms with Gasteiger partial charge in [0.2, 0.25) is 0 Å². The van der Waals surface area contributed by atoms with Gasteiger partial charge < -0.3 is 5.32 Å². The van der Waals surface area contributed by atoms with Crippen molar-refractivity contribution in [3.63, 3.8) is 0 Å². The summed E-state index contributed by atoms with van der Waals surface area (Å²) in [4.78, 5) is 8.74. The van der Waals surface area contributed by atoms with E-state index in [0.717, 1.165) is 43.1 Å². The van der Waals surface area contributed by atoms with Crippen LogP contribution in [0.1, 0.15) is 18.2 Å². The summed E-state index contributed by atoms with van der Waals surface area (Å²) in [7, 11) is 0. The molecular weight excluding hydrogens is 216 g/mol. The van der Waals surface area contributed by atoms with Crippen molar-refractivity contribution >= 4 is 0 Å². The Bertz CT molecular complexity index is 533. The topological polar surface area (TPSA) is 68.5 Å². The third-order valence-electron chi connectivity index (χ3n) is 3.03. The fraction of sp³-hybridized carbons (Fsp3) is 0.455. The van der Waals surface area contributed by atoms with Gasteiger partial charge in [0.05, 0.1) is 17.6 Å². The summed E-state index contributed by atoms with van der Waals surface area (Å²) in [5.41, 5.74) is 4.23. The maximum Gasteiger partial charge on any atom is 0.116 e. The van der Waals surface area contributed by atoms with Gasteiger partial charge in [0.15, 0.2) is 0 Å². The molecule has 0 fully saturated rings. The second kappa shape index (κ2) is 4.21. The minimum absolute atomic E-state index is 0.793. The Labute approximate surface area is 99.1 Å². The second-order valence-electron chi connectivity index (χ2n) is 4.01. The Morgan fingerprint density at radius 3 is 3.24 bits per heavy atom. The van der Waals surface area contributed by atoms with Gasteiger partial charge in [-0.3, -0.25) is 0 Å². The lowest BCUT2D eigenvalue weighted by Crippen LogP contribution is -2.25.